The zero-order valence-corrected chi connectivity index (χ0v) is 31.5. The molecule has 1 aromatic carbocycles. The second-order valence-electron chi connectivity index (χ2n) is 18.5. The Morgan fingerprint density at radius 2 is 1.75 bits per heavy atom. The Balaban J connectivity index is 1.34. The summed E-state index contributed by atoms with van der Waals surface area (Å²) in [5.41, 5.74) is -0.0981. The summed E-state index contributed by atoms with van der Waals surface area (Å²) < 4.78 is 20.1. The van der Waals surface area contributed by atoms with Crippen LogP contribution in [0.2, 0.25) is 0 Å². The molecule has 0 aromatic heterocycles. The third-order valence-electron chi connectivity index (χ3n) is 15.4. The normalized spacial score (nSPS) is 51.6. The Kier molecular flexibility index (Phi) is 6.97. The van der Waals surface area contributed by atoms with Gasteiger partial charge in [0.25, 0.3) is 5.91 Å². The van der Waals surface area contributed by atoms with Crippen molar-refractivity contribution in [2.45, 2.75) is 104 Å². The van der Waals surface area contributed by atoms with Crippen LogP contribution in [0.15, 0.2) is 71.0 Å². The van der Waals surface area contributed by atoms with Crippen molar-refractivity contribution in [2.75, 3.05) is 0 Å². The van der Waals surface area contributed by atoms with Gasteiger partial charge in [-0.1, -0.05) is 64.5 Å². The number of amides is 1. The maximum Gasteiger partial charge on any atom is 0.253 e. The molecule has 4 aliphatic carbocycles. The Labute approximate surface area is 306 Å². The zero-order valence-electron chi connectivity index (χ0n) is 31.5. The van der Waals surface area contributed by atoms with E-state index in [2.05, 4.69) is 45.7 Å². The third kappa shape index (κ3) is 3.93. The van der Waals surface area contributed by atoms with Crippen molar-refractivity contribution >= 4 is 11.7 Å². The molecule has 4 N–H and O–H groups in total. The number of benzene rings is 1. The first kappa shape index (κ1) is 34.5. The molecule has 4 bridgehead atoms. The molecule has 9 heteroatoms. The van der Waals surface area contributed by atoms with Crippen LogP contribution in [0.25, 0.3) is 0 Å². The van der Waals surface area contributed by atoms with Gasteiger partial charge in [0.1, 0.15) is 17.6 Å². The van der Waals surface area contributed by atoms with Gasteiger partial charge in [0, 0.05) is 41.1 Å². The van der Waals surface area contributed by atoms with Gasteiger partial charge in [-0.3, -0.25) is 9.59 Å². The molecule has 0 spiro atoms. The smallest absolute Gasteiger partial charge is 0.253 e. The zero-order chi connectivity index (χ0) is 37.2. The van der Waals surface area contributed by atoms with Crippen molar-refractivity contribution in [1.82, 2.24) is 5.32 Å². The molecule has 4 heterocycles. The number of nitrogens with one attached hydrogen (secondary N) is 1. The molecule has 1 amide bonds. The van der Waals surface area contributed by atoms with Crippen LogP contribution in [0.1, 0.15) is 73.8 Å². The number of rotatable bonds is 1. The van der Waals surface area contributed by atoms with E-state index in [9.17, 15) is 24.9 Å². The molecule has 9 rings (SSSR count). The molecule has 0 unspecified atom stereocenters. The van der Waals surface area contributed by atoms with Crippen LogP contribution in [0.5, 0.6) is 5.75 Å². The van der Waals surface area contributed by atoms with E-state index in [0.29, 0.717) is 17.6 Å². The lowest BCUT2D eigenvalue weighted by Crippen LogP contribution is -2.65. The minimum Gasteiger partial charge on any atom is -0.511 e. The van der Waals surface area contributed by atoms with Crippen molar-refractivity contribution in [3.63, 3.8) is 0 Å². The van der Waals surface area contributed by atoms with E-state index in [1.165, 1.54) is 5.57 Å². The van der Waals surface area contributed by atoms with Crippen LogP contribution >= 0.6 is 0 Å². The number of Topliss-reactive ketones (excluding diaryl/α,β-unsaturated/α-hetero) is 1. The number of ether oxygens (including phenoxy) is 3. The number of carbonyl (C=O) groups is 2. The first-order valence-corrected chi connectivity index (χ1v) is 19.3. The number of fused-ring (bicyclic) bond motifs is 8. The highest BCUT2D eigenvalue weighted by Gasteiger charge is 2.81. The van der Waals surface area contributed by atoms with Gasteiger partial charge in [0.15, 0.2) is 11.5 Å². The Bertz CT molecular complexity index is 1930. The topological polar surface area (TPSA) is 135 Å². The molecular weight excluding hydrogens is 658 g/mol. The first-order valence-electron chi connectivity index (χ1n) is 19.3. The Hall–Kier alpha value is -3.24. The second kappa shape index (κ2) is 10.5. The van der Waals surface area contributed by atoms with E-state index < -0.39 is 58.3 Å². The lowest BCUT2D eigenvalue weighted by Gasteiger charge is -2.50. The van der Waals surface area contributed by atoms with Crippen molar-refractivity contribution in [1.29, 1.82) is 0 Å². The minimum absolute atomic E-state index is 0.00918. The molecule has 278 valence electrons. The van der Waals surface area contributed by atoms with Crippen LogP contribution in [0, 0.1) is 64.1 Å². The van der Waals surface area contributed by atoms with Crippen LogP contribution < -0.4 is 10.1 Å². The summed E-state index contributed by atoms with van der Waals surface area (Å²) in [7, 11) is 0. The average Bonchev–Trinajstić information content (AvgIpc) is 3.65. The molecule has 9 nitrogen and oxygen atoms in total. The molecule has 3 saturated heterocycles. The molecular formula is C43H53NO8. The number of hydrogen-bond acceptors (Lipinski definition) is 8. The Morgan fingerprint density at radius 1 is 1.02 bits per heavy atom. The standard InChI is InChI=1S/C43H53NO8/c1-10-39(8)17-21(4)29-27-33(39)36(46)28-32-34-35(45)23(6)31-22(5)24(7)51-42(31,48)43(34,49)52-41(32,44-38(28)47)18-25-12-11-13-26(15-25)50-37(27)30-20(3)14-19(2)16-40(29,30)9/h10-13,15,17,19-20,22,24,27,29-30,32-34,37,46,48-49H,1,14,16,18H2,2-9H3,(H,44,47)/t19-,20+,22-,24-,27+,29-,30+,32+,33+,34-,37+,39+,40+,41-,42-,43-/m1/s1. The van der Waals surface area contributed by atoms with E-state index in [-0.39, 0.29) is 64.1 Å². The van der Waals surface area contributed by atoms with E-state index in [1.807, 2.05) is 44.2 Å². The summed E-state index contributed by atoms with van der Waals surface area (Å²) >= 11 is 0. The monoisotopic (exact) mass is 711 g/mol. The fraction of sp³-hybridized carbons (Fsp3) is 0.628. The fourth-order valence-electron chi connectivity index (χ4n) is 13.9. The molecule has 1 aromatic rings. The number of aliphatic hydroxyl groups excluding tert-OH is 1. The predicted octanol–water partition coefficient (Wildman–Crippen LogP) is 5.93. The number of aliphatic hydroxyl groups is 3. The maximum absolute atomic E-state index is 14.7. The van der Waals surface area contributed by atoms with E-state index in [0.717, 1.165) is 18.4 Å². The molecule has 52 heavy (non-hydrogen) atoms. The number of carbonyl (C=O) groups excluding carboxylic acids is 2. The maximum atomic E-state index is 14.7. The van der Waals surface area contributed by atoms with Crippen LogP contribution in [-0.2, 0) is 25.5 Å². The van der Waals surface area contributed by atoms with Crippen molar-refractivity contribution in [2.24, 2.45) is 64.1 Å². The summed E-state index contributed by atoms with van der Waals surface area (Å²) in [5, 5.41) is 41.3. The van der Waals surface area contributed by atoms with Crippen LogP contribution in [-0.4, -0.2) is 56.5 Å². The lowest BCUT2D eigenvalue weighted by molar-refractivity contribution is -0.379. The summed E-state index contributed by atoms with van der Waals surface area (Å²) in [6.07, 6.45) is 5.37. The molecule has 4 aliphatic heterocycles. The van der Waals surface area contributed by atoms with Gasteiger partial charge >= 0.3 is 0 Å². The molecule has 16 atom stereocenters. The van der Waals surface area contributed by atoms with Gasteiger partial charge in [-0.15, -0.1) is 6.58 Å². The molecule has 5 fully saturated rings. The van der Waals surface area contributed by atoms with Gasteiger partial charge in [0.2, 0.25) is 11.6 Å². The van der Waals surface area contributed by atoms with Gasteiger partial charge in [-0.25, -0.2) is 0 Å². The van der Waals surface area contributed by atoms with Gasteiger partial charge in [-0.05, 0) is 80.1 Å². The summed E-state index contributed by atoms with van der Waals surface area (Å²) in [6.45, 7) is 20.9. The average molecular weight is 712 g/mol. The summed E-state index contributed by atoms with van der Waals surface area (Å²) in [6, 6.07) is 7.75. The lowest BCUT2D eigenvalue weighted by atomic mass is 9.53. The minimum atomic E-state index is -2.56. The van der Waals surface area contributed by atoms with Crippen molar-refractivity contribution in [3.8, 4) is 5.75 Å². The largest absolute Gasteiger partial charge is 0.511 e. The van der Waals surface area contributed by atoms with Gasteiger partial charge < -0.3 is 34.8 Å². The second-order valence-corrected chi connectivity index (χ2v) is 18.5. The SMILES string of the molecule is C=C[C@@]1(C)C=C(C)[C@@H]2[C@@H]3[C@H](Oc4cccc(c4)C[C@]45NC(=O)C(=C(O)[C@H]31)[C@H]4[C@@H]1C(=O)C(C)=C3[C@H](C)[C@@H](C)O[C@@]3(O)[C@]1(O)O5)[C@@H]1[C@@H](C)C[C@@H](C)C[C@]12C. The summed E-state index contributed by atoms with van der Waals surface area (Å²) in [4.78, 5) is 29.4. The Morgan fingerprint density at radius 3 is 2.46 bits per heavy atom. The van der Waals surface area contributed by atoms with Gasteiger partial charge in [-0.2, -0.15) is 0 Å². The van der Waals surface area contributed by atoms with E-state index in [4.69, 9.17) is 14.2 Å². The van der Waals surface area contributed by atoms with E-state index >= 15 is 0 Å². The van der Waals surface area contributed by atoms with Gasteiger partial charge in [0.05, 0.1) is 23.5 Å². The number of ketones is 1. The highest BCUT2D eigenvalue weighted by atomic mass is 16.7. The fourth-order valence-corrected chi connectivity index (χ4v) is 13.9. The highest BCUT2D eigenvalue weighted by molar-refractivity contribution is 6.05. The molecule has 8 aliphatic rings. The van der Waals surface area contributed by atoms with Crippen LogP contribution in [0.4, 0.5) is 0 Å². The van der Waals surface area contributed by atoms with Crippen molar-refractivity contribution in [3.05, 3.63) is 76.6 Å². The van der Waals surface area contributed by atoms with E-state index in [1.54, 1.807) is 13.8 Å². The quantitative estimate of drug-likeness (QED) is 0.264. The molecule has 2 saturated carbocycles. The third-order valence-corrected chi connectivity index (χ3v) is 15.4. The van der Waals surface area contributed by atoms with Crippen molar-refractivity contribution < 1.29 is 39.1 Å². The first-order chi connectivity index (χ1) is 24.4. The van der Waals surface area contributed by atoms with Crippen LogP contribution in [0.3, 0.4) is 0 Å². The predicted molar refractivity (Wildman–Crippen MR) is 192 cm³/mol. The summed E-state index contributed by atoms with van der Waals surface area (Å²) in [5.74, 6) is -8.22. The number of hydrogen-bond donors (Lipinski definition) is 4. The molecule has 0 radical (unpaired) electrons. The number of allylic oxidation sites excluding steroid dienone is 5. The highest BCUT2D eigenvalue weighted by Crippen LogP contribution is 2.70.